The van der Waals surface area contributed by atoms with Crippen LogP contribution in [0, 0.1) is 0 Å². The lowest BCUT2D eigenvalue weighted by Gasteiger charge is -2.14. The number of ether oxygens (including phenoxy) is 1. The number of anilines is 2. The van der Waals surface area contributed by atoms with Crippen molar-refractivity contribution in [1.82, 2.24) is 5.43 Å². The number of carbonyl (C=O) groups is 3. The quantitative estimate of drug-likeness (QED) is 0.351. The molecule has 2 N–H and O–H groups in total. The van der Waals surface area contributed by atoms with Crippen LogP contribution in [0.5, 0.6) is 5.75 Å². The van der Waals surface area contributed by atoms with Gasteiger partial charge in [-0.05, 0) is 60.2 Å². The lowest BCUT2D eigenvalue weighted by atomic mass is 10.1. The van der Waals surface area contributed by atoms with Crippen molar-refractivity contribution in [3.8, 4) is 5.75 Å². The van der Waals surface area contributed by atoms with Gasteiger partial charge in [0.2, 0.25) is 0 Å². The van der Waals surface area contributed by atoms with Crippen molar-refractivity contribution in [2.75, 3.05) is 16.9 Å². The zero-order valence-electron chi connectivity index (χ0n) is 17.3. The molecule has 172 valence electrons. The first-order chi connectivity index (χ1) is 16.3. The molecule has 1 aliphatic rings. The molecular weight excluding hydrogens is 501 g/mol. The number of hydrogen-bond donors (Lipinski definition) is 2. The largest absolute Gasteiger partial charge is 0.481 e. The monoisotopic (exact) mass is 515 g/mol. The maximum absolute atomic E-state index is 12.7. The minimum Gasteiger partial charge on any atom is -0.481 e. The highest BCUT2D eigenvalue weighted by molar-refractivity contribution is 6.37. The molecule has 10 heteroatoms. The van der Waals surface area contributed by atoms with Gasteiger partial charge in [0.1, 0.15) is 5.57 Å². The van der Waals surface area contributed by atoms with E-state index in [1.807, 2.05) is 0 Å². The van der Waals surface area contributed by atoms with E-state index >= 15 is 0 Å². The molecule has 0 saturated carbocycles. The molecule has 1 saturated heterocycles. The van der Waals surface area contributed by atoms with Crippen LogP contribution in [0.1, 0.15) is 5.56 Å². The van der Waals surface area contributed by atoms with Crippen LogP contribution in [0.2, 0.25) is 15.1 Å². The average molecular weight is 517 g/mol. The van der Waals surface area contributed by atoms with Gasteiger partial charge in [-0.25, -0.2) is 5.01 Å². The van der Waals surface area contributed by atoms with Crippen molar-refractivity contribution in [2.24, 2.45) is 0 Å². The Hall–Kier alpha value is -3.52. The molecule has 0 atom stereocenters. The van der Waals surface area contributed by atoms with Gasteiger partial charge >= 0.3 is 0 Å². The van der Waals surface area contributed by atoms with E-state index in [0.29, 0.717) is 22.0 Å². The fourth-order valence-corrected chi connectivity index (χ4v) is 3.89. The second kappa shape index (κ2) is 10.2. The molecule has 1 heterocycles. The fourth-order valence-electron chi connectivity index (χ4n) is 3.15. The highest BCUT2D eigenvalue weighted by Gasteiger charge is 2.34. The molecule has 3 amide bonds. The van der Waals surface area contributed by atoms with Crippen LogP contribution in [-0.2, 0) is 14.4 Å². The van der Waals surface area contributed by atoms with E-state index in [0.717, 1.165) is 5.01 Å². The number of hydrazine groups is 1. The Bertz CT molecular complexity index is 1270. The highest BCUT2D eigenvalue weighted by Crippen LogP contribution is 2.35. The third-order valence-electron chi connectivity index (χ3n) is 4.71. The van der Waals surface area contributed by atoms with Gasteiger partial charge in [-0.3, -0.25) is 19.8 Å². The molecule has 7 nitrogen and oxygen atoms in total. The molecule has 4 rings (SSSR count). The summed E-state index contributed by atoms with van der Waals surface area (Å²) >= 11 is 18.4. The molecule has 1 aliphatic heterocycles. The summed E-state index contributed by atoms with van der Waals surface area (Å²) in [5.41, 5.74) is 3.95. The summed E-state index contributed by atoms with van der Waals surface area (Å²) in [6, 6.07) is 18.3. The van der Waals surface area contributed by atoms with Crippen molar-refractivity contribution in [2.45, 2.75) is 0 Å². The first-order valence-electron chi connectivity index (χ1n) is 9.91. The van der Waals surface area contributed by atoms with Gasteiger partial charge in [-0.15, -0.1) is 0 Å². The van der Waals surface area contributed by atoms with Crippen LogP contribution in [-0.4, -0.2) is 24.3 Å². The van der Waals surface area contributed by atoms with Gasteiger partial charge in [-0.1, -0.05) is 53.0 Å². The number of amides is 3. The molecule has 0 aromatic heterocycles. The van der Waals surface area contributed by atoms with E-state index in [1.165, 1.54) is 18.2 Å². The second-order valence-corrected chi connectivity index (χ2v) is 8.38. The third-order valence-corrected chi connectivity index (χ3v) is 5.53. The van der Waals surface area contributed by atoms with Crippen LogP contribution in [0.3, 0.4) is 0 Å². The summed E-state index contributed by atoms with van der Waals surface area (Å²) in [7, 11) is 0. The van der Waals surface area contributed by atoms with Crippen LogP contribution in [0.15, 0.2) is 72.3 Å². The number of nitrogens with zero attached hydrogens (tertiary/aromatic N) is 1. The molecule has 0 aliphatic carbocycles. The number of rotatable bonds is 6. The van der Waals surface area contributed by atoms with E-state index in [9.17, 15) is 14.4 Å². The molecule has 0 unspecified atom stereocenters. The van der Waals surface area contributed by atoms with E-state index in [2.05, 4.69) is 10.7 Å². The van der Waals surface area contributed by atoms with Gasteiger partial charge in [0.05, 0.1) is 15.7 Å². The molecule has 3 aromatic carbocycles. The summed E-state index contributed by atoms with van der Waals surface area (Å²) in [5, 5.41) is 4.60. The van der Waals surface area contributed by atoms with Gasteiger partial charge in [-0.2, -0.15) is 0 Å². The zero-order valence-corrected chi connectivity index (χ0v) is 19.6. The molecule has 0 radical (unpaired) electrons. The number of para-hydroxylation sites is 1. The highest BCUT2D eigenvalue weighted by atomic mass is 35.5. The number of halogens is 3. The first-order valence-corrected chi connectivity index (χ1v) is 11.0. The SMILES string of the molecule is O=C(COc1c(Cl)cc(/C=C2/C(=O)NN(c3ccccc3)C2=O)cc1Cl)Nc1ccc(Cl)cc1. The van der Waals surface area contributed by atoms with Gasteiger partial charge in [0.25, 0.3) is 17.7 Å². The normalized spacial score (nSPS) is 14.3. The first kappa shape index (κ1) is 23.6. The Balaban J connectivity index is 1.46. The molecule has 3 aromatic rings. The molecule has 0 bridgehead atoms. The smallest absolute Gasteiger partial charge is 0.282 e. The van der Waals surface area contributed by atoms with Crippen LogP contribution >= 0.6 is 34.8 Å². The predicted molar refractivity (Wildman–Crippen MR) is 132 cm³/mol. The van der Waals surface area contributed by atoms with E-state index in [-0.39, 0.29) is 28.0 Å². The summed E-state index contributed by atoms with van der Waals surface area (Å²) in [6.07, 6.45) is 1.38. The standard InChI is InChI=1S/C24H16Cl3N3O4/c25-15-6-8-16(9-7-15)28-21(31)13-34-22-19(26)11-14(12-20(22)27)10-18-23(32)29-30(24(18)33)17-4-2-1-3-5-17/h1-12H,13H2,(H,28,31)(H,29,32)/b18-10-. The van der Waals surface area contributed by atoms with Crippen LogP contribution in [0.25, 0.3) is 6.08 Å². The Morgan fingerprint density at radius 2 is 1.62 bits per heavy atom. The van der Waals surface area contributed by atoms with Gasteiger partial charge in [0, 0.05) is 10.7 Å². The maximum Gasteiger partial charge on any atom is 0.282 e. The van der Waals surface area contributed by atoms with Crippen molar-refractivity contribution >= 4 is 70.0 Å². The second-order valence-electron chi connectivity index (χ2n) is 7.13. The number of nitrogens with one attached hydrogen (secondary N) is 2. The summed E-state index contributed by atoms with van der Waals surface area (Å²) in [5.74, 6) is -1.39. The number of hydrogen-bond acceptors (Lipinski definition) is 4. The van der Waals surface area contributed by atoms with Crippen molar-refractivity contribution < 1.29 is 19.1 Å². The lowest BCUT2D eigenvalue weighted by Crippen LogP contribution is -2.35. The lowest BCUT2D eigenvalue weighted by molar-refractivity contribution is -0.118. The van der Waals surface area contributed by atoms with Crippen molar-refractivity contribution in [3.63, 3.8) is 0 Å². The third kappa shape index (κ3) is 5.34. The van der Waals surface area contributed by atoms with E-state index < -0.39 is 17.7 Å². The Morgan fingerprint density at radius 1 is 0.971 bits per heavy atom. The number of benzene rings is 3. The molecule has 34 heavy (non-hydrogen) atoms. The Labute approximate surface area is 209 Å². The van der Waals surface area contributed by atoms with Crippen molar-refractivity contribution in [3.05, 3.63) is 92.9 Å². The predicted octanol–water partition coefficient (Wildman–Crippen LogP) is 5.13. The minimum absolute atomic E-state index is 0.0769. The van der Waals surface area contributed by atoms with Gasteiger partial charge < -0.3 is 10.1 Å². The average Bonchev–Trinajstić information content (AvgIpc) is 3.09. The van der Waals surface area contributed by atoms with E-state index in [4.69, 9.17) is 39.5 Å². The topological polar surface area (TPSA) is 87.7 Å². The molecular formula is C24H16Cl3N3O4. The maximum atomic E-state index is 12.7. The van der Waals surface area contributed by atoms with Crippen LogP contribution in [0.4, 0.5) is 11.4 Å². The van der Waals surface area contributed by atoms with Crippen molar-refractivity contribution in [1.29, 1.82) is 0 Å². The minimum atomic E-state index is -0.555. The summed E-state index contributed by atoms with van der Waals surface area (Å²) in [4.78, 5) is 37.3. The fraction of sp³-hybridized carbons (Fsp3) is 0.0417. The van der Waals surface area contributed by atoms with Crippen LogP contribution < -0.4 is 20.5 Å². The Kier molecular flexibility index (Phi) is 7.07. The summed E-state index contributed by atoms with van der Waals surface area (Å²) < 4.78 is 5.49. The zero-order chi connectivity index (χ0) is 24.2. The summed E-state index contributed by atoms with van der Waals surface area (Å²) in [6.45, 7) is -0.338. The van der Waals surface area contributed by atoms with Gasteiger partial charge in [0.15, 0.2) is 12.4 Å². The molecule has 1 fully saturated rings. The van der Waals surface area contributed by atoms with E-state index in [1.54, 1.807) is 54.6 Å². The number of carbonyl (C=O) groups excluding carboxylic acids is 3. The molecule has 0 spiro atoms. The Morgan fingerprint density at radius 3 is 2.26 bits per heavy atom.